The van der Waals surface area contributed by atoms with Crippen molar-refractivity contribution in [3.05, 3.63) is 75.1 Å². The van der Waals surface area contributed by atoms with Crippen LogP contribution in [0.3, 0.4) is 0 Å². The van der Waals surface area contributed by atoms with Crippen LogP contribution in [0.15, 0.2) is 57.7 Å². The number of halogens is 1. The van der Waals surface area contributed by atoms with Crippen molar-refractivity contribution in [2.75, 3.05) is 6.61 Å². The number of benzene rings is 2. The Morgan fingerprint density at radius 2 is 1.90 bits per heavy atom. The summed E-state index contributed by atoms with van der Waals surface area (Å²) < 4.78 is 10.5. The summed E-state index contributed by atoms with van der Waals surface area (Å²) >= 11 is 5.81. The molecule has 7 nitrogen and oxygen atoms in total. The number of carboxylic acids is 1. The third-order valence-corrected chi connectivity index (χ3v) is 4.52. The summed E-state index contributed by atoms with van der Waals surface area (Å²) in [6.07, 6.45) is 0.0473. The molecule has 0 aliphatic carbocycles. The van der Waals surface area contributed by atoms with Crippen LogP contribution in [0, 0.1) is 6.92 Å². The molecule has 2 aromatic carbocycles. The van der Waals surface area contributed by atoms with Crippen LogP contribution in [-0.2, 0) is 16.0 Å². The average Bonchev–Trinajstić information content (AvgIpc) is 2.67. The Hall–Kier alpha value is -3.32. The summed E-state index contributed by atoms with van der Waals surface area (Å²) in [7, 11) is 0. The van der Waals surface area contributed by atoms with Crippen molar-refractivity contribution in [3.63, 3.8) is 0 Å². The fourth-order valence-electron chi connectivity index (χ4n) is 2.83. The van der Waals surface area contributed by atoms with Crippen LogP contribution in [0.5, 0.6) is 5.75 Å². The molecule has 3 rings (SSSR count). The lowest BCUT2D eigenvalue weighted by atomic mass is 10.1. The number of rotatable bonds is 7. The fourth-order valence-corrected chi connectivity index (χ4v) is 2.96. The third-order valence-electron chi connectivity index (χ3n) is 4.27. The molecule has 29 heavy (non-hydrogen) atoms. The fraction of sp³-hybridized carbons (Fsp3) is 0.190. The van der Waals surface area contributed by atoms with Crippen LogP contribution in [0.25, 0.3) is 11.0 Å². The van der Waals surface area contributed by atoms with Crippen LogP contribution in [0.1, 0.15) is 11.1 Å². The van der Waals surface area contributed by atoms with Gasteiger partial charge in [-0.2, -0.15) is 0 Å². The lowest BCUT2D eigenvalue weighted by Gasteiger charge is -2.20. The summed E-state index contributed by atoms with van der Waals surface area (Å²) in [5.74, 6) is -1.72. The molecule has 1 heterocycles. The molecule has 0 fully saturated rings. The van der Waals surface area contributed by atoms with Crippen molar-refractivity contribution in [1.29, 1.82) is 0 Å². The molecule has 0 radical (unpaired) electrons. The molecule has 3 aromatic rings. The molecule has 0 spiro atoms. The maximum Gasteiger partial charge on any atom is 0.336 e. The largest absolute Gasteiger partial charge is 0.548 e. The van der Waals surface area contributed by atoms with Gasteiger partial charge in [-0.25, -0.2) is 4.79 Å². The lowest BCUT2D eigenvalue weighted by molar-refractivity contribution is -0.308. The lowest BCUT2D eigenvalue weighted by Crippen LogP contribution is -2.50. The monoisotopic (exact) mass is 414 g/mol. The molecule has 1 aromatic heterocycles. The Kier molecular flexibility index (Phi) is 6.19. The quantitative estimate of drug-likeness (QED) is 0.588. The zero-order chi connectivity index (χ0) is 21.0. The molecule has 1 N–H and O–H groups in total. The van der Waals surface area contributed by atoms with Gasteiger partial charge < -0.3 is 24.4 Å². The molecule has 1 atom stereocenters. The highest BCUT2D eigenvalue weighted by atomic mass is 35.5. The van der Waals surface area contributed by atoms with E-state index in [0.29, 0.717) is 21.9 Å². The zero-order valence-electron chi connectivity index (χ0n) is 15.4. The highest BCUT2D eigenvalue weighted by molar-refractivity contribution is 6.30. The van der Waals surface area contributed by atoms with Crippen molar-refractivity contribution >= 4 is 34.4 Å². The van der Waals surface area contributed by atoms with Crippen molar-refractivity contribution in [2.24, 2.45) is 0 Å². The molecule has 1 amide bonds. The number of ether oxygens (including phenoxy) is 1. The number of amides is 1. The number of fused-ring (bicyclic) bond motifs is 1. The second-order valence-electron chi connectivity index (χ2n) is 6.46. The number of nitrogens with one attached hydrogen (secondary N) is 1. The van der Waals surface area contributed by atoms with E-state index in [9.17, 15) is 19.5 Å². The topological polar surface area (TPSA) is 109 Å². The Morgan fingerprint density at radius 1 is 1.17 bits per heavy atom. The molecule has 0 saturated carbocycles. The first-order valence-electron chi connectivity index (χ1n) is 8.74. The molecular formula is C21H17ClNO6-. The summed E-state index contributed by atoms with van der Waals surface area (Å²) in [6.45, 7) is 1.37. The second kappa shape index (κ2) is 8.79. The van der Waals surface area contributed by atoms with E-state index in [1.807, 2.05) is 0 Å². The Labute approximate surface area is 170 Å². The van der Waals surface area contributed by atoms with Crippen LogP contribution < -0.4 is 20.8 Å². The molecule has 0 bridgehead atoms. The predicted octanol–water partition coefficient (Wildman–Crippen LogP) is 1.61. The van der Waals surface area contributed by atoms with Gasteiger partial charge in [0.2, 0.25) is 0 Å². The molecule has 8 heteroatoms. The van der Waals surface area contributed by atoms with Crippen LogP contribution in [0.2, 0.25) is 5.02 Å². The van der Waals surface area contributed by atoms with Gasteiger partial charge in [0.1, 0.15) is 11.3 Å². The third kappa shape index (κ3) is 5.36. The maximum atomic E-state index is 12.1. The van der Waals surface area contributed by atoms with Gasteiger partial charge >= 0.3 is 5.63 Å². The van der Waals surface area contributed by atoms with E-state index in [4.69, 9.17) is 20.8 Å². The maximum absolute atomic E-state index is 12.1. The van der Waals surface area contributed by atoms with Gasteiger partial charge in [0.25, 0.3) is 5.91 Å². The van der Waals surface area contributed by atoms with E-state index in [1.54, 1.807) is 43.3 Å². The molecule has 0 unspecified atom stereocenters. The van der Waals surface area contributed by atoms with Crippen molar-refractivity contribution in [1.82, 2.24) is 5.32 Å². The molecule has 0 saturated heterocycles. The van der Waals surface area contributed by atoms with Gasteiger partial charge in [0, 0.05) is 22.5 Å². The van der Waals surface area contributed by atoms with E-state index < -0.39 is 30.2 Å². The first-order chi connectivity index (χ1) is 13.8. The number of aliphatic carboxylic acids is 1. The van der Waals surface area contributed by atoms with Gasteiger partial charge in [-0.15, -0.1) is 0 Å². The Morgan fingerprint density at radius 3 is 2.59 bits per heavy atom. The first-order valence-corrected chi connectivity index (χ1v) is 9.11. The van der Waals surface area contributed by atoms with Crippen molar-refractivity contribution < 1.29 is 23.8 Å². The first kappa shape index (κ1) is 20.4. The standard InChI is InChI=1S/C21H18ClNO6/c1-12-8-20(25)29-18-10-15(6-7-16(12)18)28-11-19(24)23-17(21(26)27)9-13-2-4-14(22)5-3-13/h2-8,10,17H,9,11H2,1H3,(H,23,24)(H,26,27)/p-1/t17-/m0/s1. The van der Waals surface area contributed by atoms with Crippen LogP contribution >= 0.6 is 11.6 Å². The minimum Gasteiger partial charge on any atom is -0.548 e. The Balaban J connectivity index is 1.63. The number of hydrogen-bond acceptors (Lipinski definition) is 6. The normalized spacial score (nSPS) is 11.8. The summed E-state index contributed by atoms with van der Waals surface area (Å²) in [4.78, 5) is 35.0. The molecule has 150 valence electrons. The number of hydrogen-bond donors (Lipinski definition) is 1. The number of carbonyl (C=O) groups excluding carboxylic acids is 2. The number of carbonyl (C=O) groups is 2. The van der Waals surface area contributed by atoms with Gasteiger partial charge in [-0.1, -0.05) is 23.7 Å². The van der Waals surface area contributed by atoms with Gasteiger partial charge in [-0.05, 0) is 48.7 Å². The highest BCUT2D eigenvalue weighted by Gasteiger charge is 2.15. The van der Waals surface area contributed by atoms with Gasteiger partial charge in [0.05, 0.1) is 12.0 Å². The SMILES string of the molecule is Cc1cc(=O)oc2cc(OCC(=O)N[C@@H](Cc3ccc(Cl)cc3)C(=O)[O-])ccc12. The minimum absolute atomic E-state index is 0.0473. The predicted molar refractivity (Wildman–Crippen MR) is 105 cm³/mol. The summed E-state index contributed by atoms with van der Waals surface area (Å²) in [5, 5.41) is 15.0. The zero-order valence-corrected chi connectivity index (χ0v) is 16.2. The Bertz CT molecular complexity index is 1110. The number of carboxylic acid groups (broad SMARTS) is 1. The van der Waals surface area contributed by atoms with E-state index >= 15 is 0 Å². The molecule has 0 aliphatic heterocycles. The van der Waals surface area contributed by atoms with E-state index in [0.717, 1.165) is 10.9 Å². The van der Waals surface area contributed by atoms with E-state index in [2.05, 4.69) is 5.32 Å². The van der Waals surface area contributed by atoms with Crippen molar-refractivity contribution in [3.8, 4) is 5.75 Å². The van der Waals surface area contributed by atoms with Crippen LogP contribution in [-0.4, -0.2) is 24.5 Å². The van der Waals surface area contributed by atoms with Crippen molar-refractivity contribution in [2.45, 2.75) is 19.4 Å². The van der Waals surface area contributed by atoms with Gasteiger partial charge in [0.15, 0.2) is 6.61 Å². The van der Waals surface area contributed by atoms with Gasteiger partial charge in [-0.3, -0.25) is 4.79 Å². The van der Waals surface area contributed by atoms with Crippen LogP contribution in [0.4, 0.5) is 0 Å². The summed E-state index contributed by atoms with van der Waals surface area (Å²) in [5.41, 5.74) is 1.30. The second-order valence-corrected chi connectivity index (χ2v) is 6.90. The number of aryl methyl sites for hydroxylation is 1. The minimum atomic E-state index is -1.41. The average molecular weight is 415 g/mol. The molecular weight excluding hydrogens is 398 g/mol. The molecule has 0 aliphatic rings. The smallest absolute Gasteiger partial charge is 0.336 e. The van der Waals surface area contributed by atoms with E-state index in [1.165, 1.54) is 12.1 Å². The summed E-state index contributed by atoms with van der Waals surface area (Å²) in [6, 6.07) is 11.6. The highest BCUT2D eigenvalue weighted by Crippen LogP contribution is 2.22. The van der Waals surface area contributed by atoms with E-state index in [-0.39, 0.29) is 6.42 Å².